The SMILES string of the molecule is CN(C)c1ncccc1C(=O)NC1(C(=O)O)CCc2cc(Br)ccc2C1. The van der Waals surface area contributed by atoms with Gasteiger partial charge in [-0.05, 0) is 48.2 Å². The number of benzene rings is 1. The molecule has 0 saturated heterocycles. The maximum Gasteiger partial charge on any atom is 0.329 e. The van der Waals surface area contributed by atoms with Crippen molar-refractivity contribution in [1.29, 1.82) is 0 Å². The van der Waals surface area contributed by atoms with Gasteiger partial charge in [0.15, 0.2) is 0 Å². The van der Waals surface area contributed by atoms with Crippen molar-refractivity contribution in [3.8, 4) is 0 Å². The highest BCUT2D eigenvalue weighted by Gasteiger charge is 2.43. The summed E-state index contributed by atoms with van der Waals surface area (Å²) in [6, 6.07) is 9.14. The van der Waals surface area contributed by atoms with Gasteiger partial charge in [0.1, 0.15) is 11.4 Å². The second kappa shape index (κ2) is 7.07. The van der Waals surface area contributed by atoms with Crippen molar-refractivity contribution in [3.63, 3.8) is 0 Å². The molecule has 26 heavy (non-hydrogen) atoms. The Balaban J connectivity index is 1.92. The summed E-state index contributed by atoms with van der Waals surface area (Å²) >= 11 is 3.44. The summed E-state index contributed by atoms with van der Waals surface area (Å²) in [5.74, 6) is -0.940. The van der Waals surface area contributed by atoms with Crippen LogP contribution in [0.4, 0.5) is 5.82 Å². The zero-order valence-electron chi connectivity index (χ0n) is 14.6. The number of carbonyl (C=O) groups is 2. The molecule has 2 N–H and O–H groups in total. The molecule has 1 aromatic heterocycles. The lowest BCUT2D eigenvalue weighted by Crippen LogP contribution is -2.57. The number of nitrogens with zero attached hydrogens (tertiary/aromatic N) is 2. The average molecular weight is 418 g/mol. The molecule has 7 heteroatoms. The molecular formula is C19H20BrN3O3. The van der Waals surface area contributed by atoms with Crippen LogP contribution in [0.25, 0.3) is 0 Å². The van der Waals surface area contributed by atoms with E-state index in [1.807, 2.05) is 18.2 Å². The molecule has 136 valence electrons. The maximum atomic E-state index is 12.9. The van der Waals surface area contributed by atoms with Gasteiger partial charge in [0.2, 0.25) is 0 Å². The van der Waals surface area contributed by atoms with Crippen LogP contribution in [-0.2, 0) is 17.6 Å². The minimum atomic E-state index is -1.32. The van der Waals surface area contributed by atoms with Crippen molar-refractivity contribution < 1.29 is 14.7 Å². The quantitative estimate of drug-likeness (QED) is 0.798. The van der Waals surface area contributed by atoms with Crippen molar-refractivity contribution in [2.75, 3.05) is 19.0 Å². The molecule has 1 atom stereocenters. The summed E-state index contributed by atoms with van der Waals surface area (Å²) in [6.45, 7) is 0. The molecule has 6 nitrogen and oxygen atoms in total. The number of amides is 1. The normalized spacial score (nSPS) is 18.7. The molecular weight excluding hydrogens is 398 g/mol. The number of halogens is 1. The number of aryl methyl sites for hydroxylation is 1. The van der Waals surface area contributed by atoms with Crippen molar-refractivity contribution in [1.82, 2.24) is 10.3 Å². The third-order valence-corrected chi connectivity index (χ3v) is 5.19. The molecule has 3 rings (SSSR count). The predicted octanol–water partition coefficient (Wildman–Crippen LogP) is 2.65. The van der Waals surface area contributed by atoms with Gasteiger partial charge >= 0.3 is 5.97 Å². The second-order valence-corrected chi connectivity index (χ2v) is 7.62. The fourth-order valence-corrected chi connectivity index (χ4v) is 3.73. The third kappa shape index (κ3) is 3.44. The highest BCUT2D eigenvalue weighted by atomic mass is 79.9. The Morgan fingerprint density at radius 1 is 1.27 bits per heavy atom. The summed E-state index contributed by atoms with van der Waals surface area (Å²) < 4.78 is 0.967. The number of nitrogens with one attached hydrogen (secondary N) is 1. The zero-order chi connectivity index (χ0) is 18.9. The number of fused-ring (bicyclic) bond motifs is 1. The van der Waals surface area contributed by atoms with Gasteiger partial charge in [-0.1, -0.05) is 22.0 Å². The van der Waals surface area contributed by atoms with E-state index in [4.69, 9.17) is 0 Å². The molecule has 0 radical (unpaired) electrons. The van der Waals surface area contributed by atoms with E-state index in [9.17, 15) is 14.7 Å². The number of aliphatic carboxylic acids is 1. The molecule has 1 heterocycles. The Morgan fingerprint density at radius 2 is 2.04 bits per heavy atom. The minimum Gasteiger partial charge on any atom is -0.479 e. The Bertz CT molecular complexity index is 869. The molecule has 2 aromatic rings. The number of carbonyl (C=O) groups excluding carboxylic acids is 1. The van der Waals surface area contributed by atoms with Gasteiger partial charge < -0.3 is 15.3 Å². The van der Waals surface area contributed by atoms with Crippen molar-refractivity contribution in [3.05, 3.63) is 57.7 Å². The number of aromatic nitrogens is 1. The van der Waals surface area contributed by atoms with Gasteiger partial charge in [-0.25, -0.2) is 9.78 Å². The van der Waals surface area contributed by atoms with E-state index >= 15 is 0 Å². The summed E-state index contributed by atoms with van der Waals surface area (Å²) in [4.78, 5) is 30.9. The maximum absolute atomic E-state index is 12.9. The van der Waals surface area contributed by atoms with Crippen LogP contribution in [0, 0.1) is 0 Å². The van der Waals surface area contributed by atoms with Gasteiger partial charge in [0, 0.05) is 31.2 Å². The van der Waals surface area contributed by atoms with E-state index in [0.717, 1.165) is 15.6 Å². The van der Waals surface area contributed by atoms with Crippen LogP contribution in [0.15, 0.2) is 41.0 Å². The van der Waals surface area contributed by atoms with Crippen molar-refractivity contribution in [2.45, 2.75) is 24.8 Å². The lowest BCUT2D eigenvalue weighted by atomic mass is 9.77. The van der Waals surface area contributed by atoms with E-state index in [1.165, 1.54) is 0 Å². The molecule has 0 saturated carbocycles. The molecule has 1 aliphatic rings. The topological polar surface area (TPSA) is 82.5 Å². The largest absolute Gasteiger partial charge is 0.479 e. The first-order valence-electron chi connectivity index (χ1n) is 8.28. The first-order valence-corrected chi connectivity index (χ1v) is 9.07. The van der Waals surface area contributed by atoms with Crippen LogP contribution in [-0.4, -0.2) is 41.6 Å². The smallest absolute Gasteiger partial charge is 0.329 e. The zero-order valence-corrected chi connectivity index (χ0v) is 16.2. The number of carboxylic acid groups (broad SMARTS) is 1. The highest BCUT2D eigenvalue weighted by Crippen LogP contribution is 2.31. The summed E-state index contributed by atoms with van der Waals surface area (Å²) in [5.41, 5.74) is 1.10. The Hall–Kier alpha value is -2.41. The van der Waals surface area contributed by atoms with Crippen LogP contribution in [0.5, 0.6) is 0 Å². The van der Waals surface area contributed by atoms with Gasteiger partial charge in [0.05, 0.1) is 5.56 Å². The number of hydrogen-bond donors (Lipinski definition) is 2. The minimum absolute atomic E-state index is 0.258. The Labute approximate surface area is 160 Å². The molecule has 0 bridgehead atoms. The average Bonchev–Trinajstić information content (AvgIpc) is 2.61. The molecule has 0 spiro atoms. The number of pyridine rings is 1. The number of rotatable bonds is 4. The van der Waals surface area contributed by atoms with Crippen molar-refractivity contribution in [2.24, 2.45) is 0 Å². The third-order valence-electron chi connectivity index (χ3n) is 4.70. The first-order chi connectivity index (χ1) is 12.3. The molecule has 1 aliphatic carbocycles. The second-order valence-electron chi connectivity index (χ2n) is 6.70. The van der Waals surface area contributed by atoms with Gasteiger partial charge in [-0.2, -0.15) is 0 Å². The molecule has 1 aromatic carbocycles. The Kier molecular flexibility index (Phi) is 5.00. The van der Waals surface area contributed by atoms with Gasteiger partial charge in [-0.3, -0.25) is 4.79 Å². The van der Waals surface area contributed by atoms with E-state index in [1.54, 1.807) is 37.3 Å². The first kappa shape index (κ1) is 18.4. The lowest BCUT2D eigenvalue weighted by Gasteiger charge is -2.35. The number of carboxylic acids is 1. The number of hydrogen-bond acceptors (Lipinski definition) is 4. The van der Waals surface area contributed by atoms with Gasteiger partial charge in [-0.15, -0.1) is 0 Å². The van der Waals surface area contributed by atoms with E-state index in [0.29, 0.717) is 24.2 Å². The Morgan fingerprint density at radius 3 is 2.73 bits per heavy atom. The van der Waals surface area contributed by atoms with Crippen LogP contribution >= 0.6 is 15.9 Å². The molecule has 0 fully saturated rings. The summed E-state index contributed by atoms with van der Waals surface area (Å²) in [5, 5.41) is 12.7. The van der Waals surface area contributed by atoms with Crippen LogP contribution in [0.2, 0.25) is 0 Å². The summed E-state index contributed by atoms with van der Waals surface area (Å²) in [6.07, 6.45) is 2.80. The van der Waals surface area contributed by atoms with Crippen molar-refractivity contribution >= 4 is 33.6 Å². The molecule has 1 unspecified atom stereocenters. The van der Waals surface area contributed by atoms with E-state index in [2.05, 4.69) is 26.2 Å². The van der Waals surface area contributed by atoms with Crippen LogP contribution < -0.4 is 10.2 Å². The lowest BCUT2D eigenvalue weighted by molar-refractivity contribution is -0.145. The monoisotopic (exact) mass is 417 g/mol. The predicted molar refractivity (Wildman–Crippen MR) is 103 cm³/mol. The van der Waals surface area contributed by atoms with E-state index < -0.39 is 17.4 Å². The van der Waals surface area contributed by atoms with E-state index in [-0.39, 0.29) is 6.42 Å². The highest BCUT2D eigenvalue weighted by molar-refractivity contribution is 9.10. The van der Waals surface area contributed by atoms with Gasteiger partial charge in [0.25, 0.3) is 5.91 Å². The molecule has 1 amide bonds. The summed E-state index contributed by atoms with van der Waals surface area (Å²) in [7, 11) is 3.58. The molecule has 0 aliphatic heterocycles. The standard InChI is InChI=1S/C19H20BrN3O3/c1-23(2)16-15(4-3-9-21-16)17(24)22-19(18(25)26)8-7-12-10-14(20)6-5-13(12)11-19/h3-6,9-10H,7-8,11H2,1-2H3,(H,22,24)(H,25,26). The fourth-order valence-electron chi connectivity index (χ4n) is 3.32. The van der Waals surface area contributed by atoms with Crippen LogP contribution in [0.1, 0.15) is 27.9 Å². The fraction of sp³-hybridized carbons (Fsp3) is 0.316. The number of anilines is 1. The van der Waals surface area contributed by atoms with Crippen LogP contribution in [0.3, 0.4) is 0 Å².